The fourth-order valence-corrected chi connectivity index (χ4v) is 1.93. The lowest BCUT2D eigenvalue weighted by Gasteiger charge is -2.09. The van der Waals surface area contributed by atoms with Crippen molar-refractivity contribution >= 4 is 12.0 Å². The Morgan fingerprint density at radius 2 is 1.71 bits per heavy atom. The summed E-state index contributed by atoms with van der Waals surface area (Å²) < 4.78 is 0. The second-order valence-electron chi connectivity index (χ2n) is 4.62. The zero-order chi connectivity index (χ0) is 14.9. The molecule has 0 aromatic heterocycles. The molecule has 2 rings (SSSR count). The minimum Gasteiger partial charge on any atom is -0.336 e. The van der Waals surface area contributed by atoms with Crippen molar-refractivity contribution < 1.29 is 4.79 Å². The Morgan fingerprint density at radius 1 is 1.10 bits per heavy atom. The van der Waals surface area contributed by atoms with E-state index >= 15 is 0 Å². The molecule has 0 saturated heterocycles. The van der Waals surface area contributed by atoms with Crippen LogP contribution < -0.4 is 5.32 Å². The van der Waals surface area contributed by atoms with Gasteiger partial charge >= 0.3 is 0 Å². The number of carbonyl (C=O) groups excluding carboxylic acids is 1. The van der Waals surface area contributed by atoms with Gasteiger partial charge in [-0.25, -0.2) is 0 Å². The molecule has 1 amide bonds. The highest BCUT2D eigenvalue weighted by atomic mass is 16.1. The topological polar surface area (TPSA) is 52.9 Å². The highest BCUT2D eigenvalue weighted by Gasteiger charge is 2.10. The van der Waals surface area contributed by atoms with Crippen molar-refractivity contribution in [2.75, 3.05) is 0 Å². The summed E-state index contributed by atoms with van der Waals surface area (Å²) in [5, 5.41) is 11.8. The molecule has 0 aliphatic carbocycles. The molecule has 21 heavy (non-hydrogen) atoms. The van der Waals surface area contributed by atoms with E-state index in [1.165, 1.54) is 6.08 Å². The molecule has 0 heterocycles. The fourth-order valence-electron chi connectivity index (χ4n) is 1.93. The van der Waals surface area contributed by atoms with Crippen molar-refractivity contribution in [2.24, 2.45) is 0 Å². The molecule has 0 radical (unpaired) electrons. The molecule has 3 nitrogen and oxygen atoms in total. The van der Waals surface area contributed by atoms with Crippen LogP contribution in [-0.2, 0) is 11.2 Å². The largest absolute Gasteiger partial charge is 0.336 e. The number of hydrogen-bond acceptors (Lipinski definition) is 2. The second kappa shape index (κ2) is 7.66. The number of benzene rings is 2. The number of nitrogens with one attached hydrogen (secondary N) is 1. The third kappa shape index (κ3) is 4.96. The maximum atomic E-state index is 11.8. The second-order valence-corrected chi connectivity index (χ2v) is 4.62. The zero-order valence-electron chi connectivity index (χ0n) is 11.6. The quantitative estimate of drug-likeness (QED) is 0.854. The molecule has 0 spiro atoms. The summed E-state index contributed by atoms with van der Waals surface area (Å²) in [5.74, 6) is -0.263. The first-order valence-electron chi connectivity index (χ1n) is 6.75. The van der Waals surface area contributed by atoms with Gasteiger partial charge in [0, 0.05) is 12.5 Å². The van der Waals surface area contributed by atoms with E-state index in [9.17, 15) is 4.79 Å². The lowest BCUT2D eigenvalue weighted by molar-refractivity contribution is -0.116. The number of hydrogen-bond donors (Lipinski definition) is 1. The SMILES string of the molecule is N#CC(Cc1ccccc1)NC(=O)C=Cc1ccccc1. The van der Waals surface area contributed by atoms with Crippen LogP contribution in [0, 0.1) is 11.3 Å². The highest BCUT2D eigenvalue weighted by Crippen LogP contribution is 2.03. The van der Waals surface area contributed by atoms with Crippen molar-refractivity contribution in [1.29, 1.82) is 5.26 Å². The van der Waals surface area contributed by atoms with Crippen molar-refractivity contribution in [1.82, 2.24) is 5.32 Å². The van der Waals surface area contributed by atoms with Crippen LogP contribution >= 0.6 is 0 Å². The van der Waals surface area contributed by atoms with Gasteiger partial charge in [-0.2, -0.15) is 5.26 Å². The van der Waals surface area contributed by atoms with Gasteiger partial charge in [0.1, 0.15) is 6.04 Å². The minimum atomic E-state index is -0.527. The predicted molar refractivity (Wildman–Crippen MR) is 83.2 cm³/mol. The minimum absolute atomic E-state index is 0.263. The zero-order valence-corrected chi connectivity index (χ0v) is 11.6. The third-order valence-corrected chi connectivity index (χ3v) is 2.98. The normalized spacial score (nSPS) is 11.8. The first-order valence-corrected chi connectivity index (χ1v) is 6.75. The smallest absolute Gasteiger partial charge is 0.245 e. The maximum Gasteiger partial charge on any atom is 0.245 e. The molecular formula is C18H16N2O. The summed E-state index contributed by atoms with van der Waals surface area (Å²) in [6, 6.07) is 20.8. The van der Waals surface area contributed by atoms with Gasteiger partial charge in [0.2, 0.25) is 5.91 Å². The van der Waals surface area contributed by atoms with Gasteiger partial charge in [0.05, 0.1) is 6.07 Å². The Hall–Kier alpha value is -2.86. The summed E-state index contributed by atoms with van der Waals surface area (Å²) in [7, 11) is 0. The van der Waals surface area contributed by atoms with E-state index in [1.54, 1.807) is 6.08 Å². The number of nitrogens with zero attached hydrogens (tertiary/aromatic N) is 1. The molecule has 0 bridgehead atoms. The van der Waals surface area contributed by atoms with E-state index < -0.39 is 6.04 Å². The summed E-state index contributed by atoms with van der Waals surface area (Å²) in [6.07, 6.45) is 3.68. The van der Waals surface area contributed by atoms with Crippen molar-refractivity contribution in [3.05, 3.63) is 77.9 Å². The Morgan fingerprint density at radius 3 is 2.33 bits per heavy atom. The van der Waals surface area contributed by atoms with Gasteiger partial charge in [-0.15, -0.1) is 0 Å². The van der Waals surface area contributed by atoms with Crippen molar-refractivity contribution in [2.45, 2.75) is 12.5 Å². The van der Waals surface area contributed by atoms with Crippen LogP contribution in [0.5, 0.6) is 0 Å². The molecule has 1 unspecified atom stereocenters. The van der Waals surface area contributed by atoms with Gasteiger partial charge < -0.3 is 5.32 Å². The van der Waals surface area contributed by atoms with E-state index in [0.717, 1.165) is 11.1 Å². The molecular weight excluding hydrogens is 260 g/mol. The van der Waals surface area contributed by atoms with E-state index in [2.05, 4.69) is 11.4 Å². The van der Waals surface area contributed by atoms with Gasteiger partial charge in [0.15, 0.2) is 0 Å². The highest BCUT2D eigenvalue weighted by molar-refractivity contribution is 5.92. The maximum absolute atomic E-state index is 11.8. The summed E-state index contributed by atoms with van der Waals surface area (Å²) in [6.45, 7) is 0. The number of rotatable bonds is 5. The van der Waals surface area contributed by atoms with Crippen LogP contribution in [0.4, 0.5) is 0 Å². The molecule has 1 atom stereocenters. The van der Waals surface area contributed by atoms with Gasteiger partial charge in [-0.05, 0) is 17.2 Å². The molecule has 2 aromatic rings. The molecule has 104 valence electrons. The Kier molecular flexibility index (Phi) is 5.31. The van der Waals surface area contributed by atoms with Gasteiger partial charge in [0.25, 0.3) is 0 Å². The average Bonchev–Trinajstić information content (AvgIpc) is 2.54. The summed E-state index contributed by atoms with van der Waals surface area (Å²) >= 11 is 0. The van der Waals surface area contributed by atoms with E-state index in [4.69, 9.17) is 5.26 Å². The number of nitriles is 1. The Bertz CT molecular complexity index is 642. The fraction of sp³-hybridized carbons (Fsp3) is 0.111. The Labute approximate surface area is 124 Å². The first-order chi connectivity index (χ1) is 10.3. The molecule has 1 N–H and O–H groups in total. The van der Waals surface area contributed by atoms with Crippen LogP contribution in [0.15, 0.2) is 66.7 Å². The van der Waals surface area contributed by atoms with Crippen LogP contribution in [0.2, 0.25) is 0 Å². The summed E-state index contributed by atoms with van der Waals surface area (Å²) in [4.78, 5) is 11.8. The lowest BCUT2D eigenvalue weighted by Crippen LogP contribution is -2.34. The van der Waals surface area contributed by atoms with E-state index in [0.29, 0.717) is 6.42 Å². The molecule has 0 aliphatic rings. The first kappa shape index (κ1) is 14.5. The molecule has 0 aliphatic heterocycles. The van der Waals surface area contributed by atoms with E-state index in [-0.39, 0.29) is 5.91 Å². The third-order valence-electron chi connectivity index (χ3n) is 2.98. The monoisotopic (exact) mass is 276 g/mol. The van der Waals surface area contributed by atoms with Crippen molar-refractivity contribution in [3.8, 4) is 6.07 Å². The number of amides is 1. The molecule has 0 saturated carbocycles. The van der Waals surface area contributed by atoms with Crippen LogP contribution in [0.1, 0.15) is 11.1 Å². The lowest BCUT2D eigenvalue weighted by atomic mass is 10.1. The molecule has 3 heteroatoms. The average molecular weight is 276 g/mol. The molecule has 2 aromatic carbocycles. The Balaban J connectivity index is 1.91. The van der Waals surface area contributed by atoms with Gasteiger partial charge in [-0.3, -0.25) is 4.79 Å². The van der Waals surface area contributed by atoms with Crippen LogP contribution in [-0.4, -0.2) is 11.9 Å². The molecule has 0 fully saturated rings. The van der Waals surface area contributed by atoms with Crippen LogP contribution in [0.25, 0.3) is 6.08 Å². The standard InChI is InChI=1S/C18H16N2O/c19-14-17(13-16-9-5-2-6-10-16)20-18(21)12-11-15-7-3-1-4-8-15/h1-12,17H,13H2,(H,20,21). The summed E-state index contributed by atoms with van der Waals surface area (Å²) in [5.41, 5.74) is 1.97. The van der Waals surface area contributed by atoms with Crippen molar-refractivity contribution in [3.63, 3.8) is 0 Å². The predicted octanol–water partition coefficient (Wildman–Crippen LogP) is 2.95. The van der Waals surface area contributed by atoms with Crippen LogP contribution in [0.3, 0.4) is 0 Å². The van der Waals surface area contributed by atoms with E-state index in [1.807, 2.05) is 60.7 Å². The van der Waals surface area contributed by atoms with Gasteiger partial charge in [-0.1, -0.05) is 60.7 Å². The number of carbonyl (C=O) groups is 1.